The van der Waals surface area contributed by atoms with E-state index in [2.05, 4.69) is 58.1 Å². The van der Waals surface area contributed by atoms with Crippen LogP contribution >= 0.6 is 27.7 Å². The maximum Gasteiger partial charge on any atom is 0.0707 e. The molecule has 1 N–H and O–H groups in total. The Morgan fingerprint density at radius 3 is 2.76 bits per heavy atom. The van der Waals surface area contributed by atoms with E-state index in [1.54, 1.807) is 0 Å². The van der Waals surface area contributed by atoms with Gasteiger partial charge in [-0.3, -0.25) is 4.68 Å². The first-order valence-corrected chi connectivity index (χ1v) is 8.25. The van der Waals surface area contributed by atoms with Crippen molar-refractivity contribution in [2.75, 3.05) is 18.6 Å². The Bertz CT molecular complexity index is 338. The zero-order valence-corrected chi connectivity index (χ0v) is 13.4. The lowest BCUT2D eigenvalue weighted by molar-refractivity contribution is 0.462. The Morgan fingerprint density at radius 2 is 2.24 bits per heavy atom. The molecule has 98 valence electrons. The van der Waals surface area contributed by atoms with Gasteiger partial charge < -0.3 is 5.32 Å². The molecule has 0 fully saturated rings. The number of nitrogens with zero attached hydrogens (tertiary/aromatic N) is 2. The van der Waals surface area contributed by atoms with Crippen LogP contribution in [0.15, 0.2) is 10.7 Å². The highest BCUT2D eigenvalue weighted by Crippen LogP contribution is 2.27. The van der Waals surface area contributed by atoms with Crippen LogP contribution in [0.5, 0.6) is 0 Å². The summed E-state index contributed by atoms with van der Waals surface area (Å²) in [6.07, 6.45) is 5.19. The second-order valence-electron chi connectivity index (χ2n) is 4.38. The van der Waals surface area contributed by atoms with Crippen molar-refractivity contribution in [3.05, 3.63) is 16.4 Å². The van der Waals surface area contributed by atoms with Crippen LogP contribution < -0.4 is 5.32 Å². The van der Waals surface area contributed by atoms with Gasteiger partial charge in [0.1, 0.15) is 0 Å². The van der Waals surface area contributed by atoms with Crippen molar-refractivity contribution in [3.8, 4) is 0 Å². The van der Waals surface area contributed by atoms with Crippen LogP contribution in [-0.4, -0.2) is 28.3 Å². The number of hydrogen-bond donors (Lipinski definition) is 1. The molecule has 1 heterocycles. The Balaban J connectivity index is 2.94. The Labute approximate surface area is 117 Å². The third-order valence-electron chi connectivity index (χ3n) is 2.58. The van der Waals surface area contributed by atoms with Crippen LogP contribution in [0.4, 0.5) is 0 Å². The van der Waals surface area contributed by atoms with E-state index in [0.29, 0.717) is 12.1 Å². The molecule has 5 heteroatoms. The van der Waals surface area contributed by atoms with E-state index < -0.39 is 0 Å². The summed E-state index contributed by atoms with van der Waals surface area (Å²) in [4.78, 5) is 0. The lowest BCUT2D eigenvalue weighted by Gasteiger charge is -2.21. The maximum absolute atomic E-state index is 4.45. The van der Waals surface area contributed by atoms with Crippen molar-refractivity contribution in [2.45, 2.75) is 39.3 Å². The molecular formula is C12H22BrN3S. The van der Waals surface area contributed by atoms with Crippen LogP contribution in [0.3, 0.4) is 0 Å². The van der Waals surface area contributed by atoms with Crippen molar-refractivity contribution < 1.29 is 0 Å². The summed E-state index contributed by atoms with van der Waals surface area (Å²) in [7, 11) is 0. The Morgan fingerprint density at radius 1 is 1.53 bits per heavy atom. The molecule has 0 aliphatic rings. The summed E-state index contributed by atoms with van der Waals surface area (Å²) >= 11 is 5.48. The molecule has 1 atom stereocenters. The summed E-state index contributed by atoms with van der Waals surface area (Å²) in [5.74, 6) is 1.07. The van der Waals surface area contributed by atoms with Crippen molar-refractivity contribution >= 4 is 27.7 Å². The van der Waals surface area contributed by atoms with Crippen LogP contribution in [0.1, 0.15) is 45.0 Å². The molecule has 1 aromatic rings. The zero-order chi connectivity index (χ0) is 12.8. The second-order valence-corrected chi connectivity index (χ2v) is 6.14. The predicted molar refractivity (Wildman–Crippen MR) is 79.7 cm³/mol. The van der Waals surface area contributed by atoms with Gasteiger partial charge in [-0.15, -0.1) is 0 Å². The van der Waals surface area contributed by atoms with Gasteiger partial charge >= 0.3 is 0 Å². The van der Waals surface area contributed by atoms with E-state index in [-0.39, 0.29) is 0 Å². The molecule has 1 rings (SSSR count). The molecule has 0 saturated heterocycles. The molecule has 0 aliphatic carbocycles. The first-order chi connectivity index (χ1) is 8.11. The lowest BCUT2D eigenvalue weighted by atomic mass is 10.2. The third-order valence-corrected chi connectivity index (χ3v) is 3.86. The summed E-state index contributed by atoms with van der Waals surface area (Å²) in [5, 5.41) is 8.04. The van der Waals surface area contributed by atoms with E-state index >= 15 is 0 Å². The molecule has 0 aromatic carbocycles. The zero-order valence-electron chi connectivity index (χ0n) is 11.0. The highest BCUT2D eigenvalue weighted by Gasteiger charge is 2.20. The lowest BCUT2D eigenvalue weighted by Crippen LogP contribution is -2.27. The standard InChI is InChI=1S/C12H22BrN3S/c1-5-6-14-11(8-17-4)12-10(13)7-15-16(12)9(2)3/h7,9,11,14H,5-6,8H2,1-4H3. The van der Waals surface area contributed by atoms with Crippen LogP contribution in [0, 0.1) is 0 Å². The van der Waals surface area contributed by atoms with Gasteiger partial charge in [0.15, 0.2) is 0 Å². The number of thioether (sulfide) groups is 1. The highest BCUT2D eigenvalue weighted by molar-refractivity contribution is 9.10. The molecule has 0 spiro atoms. The van der Waals surface area contributed by atoms with E-state index in [1.807, 2.05) is 18.0 Å². The van der Waals surface area contributed by atoms with Gasteiger partial charge in [0.25, 0.3) is 0 Å². The third kappa shape index (κ3) is 4.00. The molecule has 0 amide bonds. The Hall–Kier alpha value is 0. The summed E-state index contributed by atoms with van der Waals surface area (Å²) in [6, 6.07) is 0.758. The first-order valence-electron chi connectivity index (χ1n) is 6.07. The van der Waals surface area contributed by atoms with Gasteiger partial charge in [0.2, 0.25) is 0 Å². The topological polar surface area (TPSA) is 29.9 Å². The molecule has 1 unspecified atom stereocenters. The smallest absolute Gasteiger partial charge is 0.0707 e. The van der Waals surface area contributed by atoms with Crippen LogP contribution in [0.25, 0.3) is 0 Å². The molecule has 17 heavy (non-hydrogen) atoms. The predicted octanol–water partition coefficient (Wildman–Crippen LogP) is 3.63. The SMILES string of the molecule is CCCNC(CSC)c1c(Br)cnn1C(C)C. The molecule has 3 nitrogen and oxygen atoms in total. The number of halogens is 1. The molecular weight excluding hydrogens is 298 g/mol. The van der Waals surface area contributed by atoms with Gasteiger partial charge in [0.05, 0.1) is 22.4 Å². The summed E-state index contributed by atoms with van der Waals surface area (Å²) in [6.45, 7) is 7.57. The molecule has 0 saturated carbocycles. The maximum atomic E-state index is 4.45. The van der Waals surface area contributed by atoms with Crippen molar-refractivity contribution in [2.24, 2.45) is 0 Å². The Kier molecular flexibility index (Phi) is 6.59. The second kappa shape index (κ2) is 7.44. The highest BCUT2D eigenvalue weighted by atomic mass is 79.9. The molecule has 0 bridgehead atoms. The van der Waals surface area contributed by atoms with Gasteiger partial charge in [-0.1, -0.05) is 6.92 Å². The fourth-order valence-electron chi connectivity index (χ4n) is 1.81. The van der Waals surface area contributed by atoms with Gasteiger partial charge in [-0.05, 0) is 49.0 Å². The van der Waals surface area contributed by atoms with E-state index in [9.17, 15) is 0 Å². The molecule has 1 aromatic heterocycles. The van der Waals surface area contributed by atoms with Gasteiger partial charge in [0, 0.05) is 11.8 Å². The average molecular weight is 320 g/mol. The number of nitrogens with one attached hydrogen (secondary N) is 1. The fraction of sp³-hybridized carbons (Fsp3) is 0.750. The minimum Gasteiger partial charge on any atom is -0.308 e. The largest absolute Gasteiger partial charge is 0.308 e. The molecule has 0 radical (unpaired) electrons. The van der Waals surface area contributed by atoms with Crippen molar-refractivity contribution in [1.82, 2.24) is 15.1 Å². The van der Waals surface area contributed by atoms with E-state index in [0.717, 1.165) is 23.2 Å². The number of rotatable bonds is 7. The minimum atomic E-state index is 0.365. The quantitative estimate of drug-likeness (QED) is 0.832. The summed E-state index contributed by atoms with van der Waals surface area (Å²) < 4.78 is 3.21. The first kappa shape index (κ1) is 15.1. The van der Waals surface area contributed by atoms with Crippen molar-refractivity contribution in [1.29, 1.82) is 0 Å². The van der Waals surface area contributed by atoms with Crippen LogP contribution in [-0.2, 0) is 0 Å². The number of aromatic nitrogens is 2. The molecule has 0 aliphatic heterocycles. The van der Waals surface area contributed by atoms with Crippen molar-refractivity contribution in [3.63, 3.8) is 0 Å². The van der Waals surface area contributed by atoms with E-state index in [1.165, 1.54) is 5.69 Å². The normalized spacial score (nSPS) is 13.3. The van der Waals surface area contributed by atoms with Crippen LogP contribution in [0.2, 0.25) is 0 Å². The van der Waals surface area contributed by atoms with Gasteiger partial charge in [-0.2, -0.15) is 16.9 Å². The minimum absolute atomic E-state index is 0.365. The fourth-order valence-corrected chi connectivity index (χ4v) is 2.97. The monoisotopic (exact) mass is 319 g/mol. The summed E-state index contributed by atoms with van der Waals surface area (Å²) in [5.41, 5.74) is 1.27. The van der Waals surface area contributed by atoms with E-state index in [4.69, 9.17) is 0 Å². The van der Waals surface area contributed by atoms with Gasteiger partial charge in [-0.25, -0.2) is 0 Å². The average Bonchev–Trinajstić information content (AvgIpc) is 2.66. The number of hydrogen-bond acceptors (Lipinski definition) is 3.